The highest BCUT2D eigenvalue weighted by Gasteiger charge is 2.11. The number of aryl methyl sites for hydroxylation is 2. The summed E-state index contributed by atoms with van der Waals surface area (Å²) >= 11 is 3.12. The van der Waals surface area contributed by atoms with Gasteiger partial charge in [-0.1, -0.05) is 24.3 Å². The van der Waals surface area contributed by atoms with Crippen LogP contribution in [0.5, 0.6) is 0 Å². The third-order valence-corrected chi connectivity index (χ3v) is 5.04. The van der Waals surface area contributed by atoms with Crippen LogP contribution in [0.3, 0.4) is 0 Å². The quantitative estimate of drug-likeness (QED) is 0.775. The number of fused-ring (bicyclic) bond motifs is 1. The summed E-state index contributed by atoms with van der Waals surface area (Å²) in [5, 5.41) is 5.43. The fourth-order valence-corrected chi connectivity index (χ4v) is 3.71. The Morgan fingerprint density at radius 2 is 2.20 bits per heavy atom. The number of benzene rings is 1. The van der Waals surface area contributed by atoms with Crippen LogP contribution in [0.1, 0.15) is 27.7 Å². The van der Waals surface area contributed by atoms with E-state index in [0.717, 1.165) is 16.6 Å². The number of thiophene rings is 1. The number of hydrogen-bond donors (Lipinski definition) is 1. The fourth-order valence-electron chi connectivity index (χ4n) is 1.94. The number of nitrogens with one attached hydrogen (secondary N) is 1. The maximum atomic E-state index is 12.1. The van der Waals surface area contributed by atoms with E-state index in [0.29, 0.717) is 10.7 Å². The van der Waals surface area contributed by atoms with Crippen molar-refractivity contribution in [1.29, 1.82) is 0 Å². The monoisotopic (exact) mass is 302 g/mol. The van der Waals surface area contributed by atoms with Gasteiger partial charge in [-0.15, -0.1) is 11.3 Å². The van der Waals surface area contributed by atoms with Crippen LogP contribution in [0.4, 0.5) is 5.13 Å². The Morgan fingerprint density at radius 3 is 2.95 bits per heavy atom. The first-order valence-corrected chi connectivity index (χ1v) is 8.11. The van der Waals surface area contributed by atoms with E-state index in [1.165, 1.54) is 21.8 Å². The molecule has 0 atom stereocenters. The average Bonchev–Trinajstić information content (AvgIpc) is 3.03. The van der Waals surface area contributed by atoms with E-state index < -0.39 is 0 Å². The summed E-state index contributed by atoms with van der Waals surface area (Å²) < 4.78 is 1.10. The first kappa shape index (κ1) is 13.3. The van der Waals surface area contributed by atoms with Crippen molar-refractivity contribution in [3.05, 3.63) is 45.6 Å². The molecule has 1 N–H and O–H groups in total. The molecule has 0 aliphatic carbocycles. The molecule has 20 heavy (non-hydrogen) atoms. The minimum atomic E-state index is -0.0864. The van der Waals surface area contributed by atoms with Gasteiger partial charge in [0.05, 0.1) is 15.8 Å². The standard InChI is InChI=1S/C15H14N2OS2/c1-3-11-7-10(8-19-11)14(18)17-15-16-12-5-4-9(2)6-13(12)20-15/h4-8H,3H2,1-2H3,(H,16,17,18). The lowest BCUT2D eigenvalue weighted by Crippen LogP contribution is -2.10. The Balaban J connectivity index is 1.83. The number of carbonyl (C=O) groups excluding carboxylic acids is 1. The van der Waals surface area contributed by atoms with Crippen LogP contribution in [0.25, 0.3) is 10.2 Å². The molecule has 0 saturated heterocycles. The Morgan fingerprint density at radius 1 is 1.35 bits per heavy atom. The van der Waals surface area contributed by atoms with Gasteiger partial charge in [0.15, 0.2) is 5.13 Å². The zero-order valence-electron chi connectivity index (χ0n) is 11.3. The van der Waals surface area contributed by atoms with Crippen LogP contribution in [-0.4, -0.2) is 10.9 Å². The Kier molecular flexibility index (Phi) is 3.54. The molecule has 1 amide bonds. The van der Waals surface area contributed by atoms with E-state index in [2.05, 4.69) is 30.2 Å². The molecule has 0 bridgehead atoms. The zero-order chi connectivity index (χ0) is 14.1. The molecule has 3 aromatic rings. The molecular formula is C15H14N2OS2. The summed E-state index contributed by atoms with van der Waals surface area (Å²) in [6.07, 6.45) is 0.957. The Hall–Kier alpha value is -1.72. The van der Waals surface area contributed by atoms with Crippen LogP contribution >= 0.6 is 22.7 Å². The van der Waals surface area contributed by atoms with E-state index in [1.54, 1.807) is 11.3 Å². The normalized spacial score (nSPS) is 10.9. The van der Waals surface area contributed by atoms with E-state index in [1.807, 2.05) is 23.6 Å². The lowest BCUT2D eigenvalue weighted by Gasteiger charge is -1.97. The van der Waals surface area contributed by atoms with Crippen molar-refractivity contribution in [1.82, 2.24) is 4.98 Å². The van der Waals surface area contributed by atoms with Crippen LogP contribution < -0.4 is 5.32 Å². The van der Waals surface area contributed by atoms with Crippen molar-refractivity contribution in [2.24, 2.45) is 0 Å². The van der Waals surface area contributed by atoms with Crippen LogP contribution in [0, 0.1) is 6.92 Å². The molecule has 2 aromatic heterocycles. The van der Waals surface area contributed by atoms with Gasteiger partial charge in [-0.25, -0.2) is 4.98 Å². The van der Waals surface area contributed by atoms with E-state index in [9.17, 15) is 4.79 Å². The Bertz CT molecular complexity index is 773. The molecular weight excluding hydrogens is 288 g/mol. The maximum Gasteiger partial charge on any atom is 0.258 e. The first-order chi connectivity index (χ1) is 9.65. The van der Waals surface area contributed by atoms with Crippen LogP contribution in [-0.2, 0) is 6.42 Å². The highest BCUT2D eigenvalue weighted by molar-refractivity contribution is 7.22. The van der Waals surface area contributed by atoms with E-state index in [-0.39, 0.29) is 5.91 Å². The summed E-state index contributed by atoms with van der Waals surface area (Å²) in [5.74, 6) is -0.0864. The van der Waals surface area contributed by atoms with Crippen molar-refractivity contribution in [3.8, 4) is 0 Å². The largest absolute Gasteiger partial charge is 0.298 e. The third kappa shape index (κ3) is 2.59. The van der Waals surface area contributed by atoms with Crippen molar-refractivity contribution >= 4 is 43.9 Å². The number of amides is 1. The van der Waals surface area contributed by atoms with Gasteiger partial charge in [0.25, 0.3) is 5.91 Å². The number of anilines is 1. The van der Waals surface area contributed by atoms with Gasteiger partial charge in [-0.3, -0.25) is 10.1 Å². The van der Waals surface area contributed by atoms with Gasteiger partial charge in [-0.05, 0) is 37.1 Å². The topological polar surface area (TPSA) is 42.0 Å². The predicted octanol–water partition coefficient (Wildman–Crippen LogP) is 4.48. The van der Waals surface area contributed by atoms with Crippen molar-refractivity contribution in [2.75, 3.05) is 5.32 Å². The summed E-state index contributed by atoms with van der Waals surface area (Å²) in [6.45, 7) is 4.14. The highest BCUT2D eigenvalue weighted by Crippen LogP contribution is 2.27. The van der Waals surface area contributed by atoms with Gasteiger partial charge in [0.2, 0.25) is 0 Å². The maximum absolute atomic E-state index is 12.1. The predicted molar refractivity (Wildman–Crippen MR) is 86.0 cm³/mol. The summed E-state index contributed by atoms with van der Waals surface area (Å²) in [6, 6.07) is 8.04. The minimum absolute atomic E-state index is 0.0864. The van der Waals surface area contributed by atoms with E-state index in [4.69, 9.17) is 0 Å². The smallest absolute Gasteiger partial charge is 0.258 e. The van der Waals surface area contributed by atoms with Gasteiger partial charge in [-0.2, -0.15) is 0 Å². The number of rotatable bonds is 3. The molecule has 0 aliphatic rings. The number of hydrogen-bond acceptors (Lipinski definition) is 4. The second-order valence-corrected chi connectivity index (χ2v) is 6.63. The van der Waals surface area contributed by atoms with Gasteiger partial charge in [0.1, 0.15) is 0 Å². The molecule has 102 valence electrons. The van der Waals surface area contributed by atoms with Crippen molar-refractivity contribution in [2.45, 2.75) is 20.3 Å². The van der Waals surface area contributed by atoms with Crippen LogP contribution in [0.2, 0.25) is 0 Å². The lowest BCUT2D eigenvalue weighted by atomic mass is 10.2. The summed E-state index contributed by atoms with van der Waals surface area (Å²) in [7, 11) is 0. The number of aromatic nitrogens is 1. The number of nitrogens with zero attached hydrogens (tertiary/aromatic N) is 1. The van der Waals surface area contributed by atoms with Crippen LogP contribution in [0.15, 0.2) is 29.6 Å². The molecule has 0 unspecified atom stereocenters. The average molecular weight is 302 g/mol. The fraction of sp³-hybridized carbons (Fsp3) is 0.200. The minimum Gasteiger partial charge on any atom is -0.298 e. The lowest BCUT2D eigenvalue weighted by molar-refractivity contribution is 0.102. The molecule has 5 heteroatoms. The molecule has 2 heterocycles. The number of thiazole rings is 1. The molecule has 0 radical (unpaired) electrons. The highest BCUT2D eigenvalue weighted by atomic mass is 32.1. The molecule has 0 spiro atoms. The van der Waals surface area contributed by atoms with Gasteiger partial charge < -0.3 is 0 Å². The van der Waals surface area contributed by atoms with Crippen molar-refractivity contribution in [3.63, 3.8) is 0 Å². The molecule has 1 aromatic carbocycles. The Labute approximate surface area is 125 Å². The zero-order valence-corrected chi connectivity index (χ0v) is 12.9. The SMILES string of the molecule is CCc1cc(C(=O)Nc2nc3ccc(C)cc3s2)cs1. The van der Waals surface area contributed by atoms with E-state index >= 15 is 0 Å². The first-order valence-electron chi connectivity index (χ1n) is 6.41. The molecule has 3 rings (SSSR count). The van der Waals surface area contributed by atoms with Gasteiger partial charge in [0, 0.05) is 10.3 Å². The van der Waals surface area contributed by atoms with Crippen molar-refractivity contribution < 1.29 is 4.79 Å². The summed E-state index contributed by atoms with van der Waals surface area (Å²) in [4.78, 5) is 17.8. The molecule has 3 nitrogen and oxygen atoms in total. The summed E-state index contributed by atoms with van der Waals surface area (Å²) in [5.41, 5.74) is 2.84. The second kappa shape index (κ2) is 5.34. The molecule has 0 aliphatic heterocycles. The molecule has 0 fully saturated rings. The molecule has 0 saturated carbocycles. The second-order valence-electron chi connectivity index (χ2n) is 4.60. The third-order valence-electron chi connectivity index (χ3n) is 3.03. The van der Waals surface area contributed by atoms with Gasteiger partial charge >= 0.3 is 0 Å². The number of carbonyl (C=O) groups is 1.